The number of aromatic nitrogens is 2. The van der Waals surface area contributed by atoms with E-state index >= 15 is 0 Å². The average molecular weight is 429 g/mol. The van der Waals surface area contributed by atoms with Crippen molar-refractivity contribution in [3.05, 3.63) is 47.4 Å². The van der Waals surface area contributed by atoms with Crippen molar-refractivity contribution in [2.75, 3.05) is 5.32 Å². The molecule has 30 heavy (non-hydrogen) atoms. The van der Waals surface area contributed by atoms with Gasteiger partial charge in [-0.3, -0.25) is 9.59 Å². The highest BCUT2D eigenvalue weighted by molar-refractivity contribution is 7.20. The number of nitrogens with one attached hydrogen (secondary N) is 3. The second kappa shape index (κ2) is 9.53. The van der Waals surface area contributed by atoms with Crippen LogP contribution in [0.25, 0.3) is 10.1 Å². The van der Waals surface area contributed by atoms with Gasteiger partial charge >= 0.3 is 5.97 Å². The first-order valence-corrected chi connectivity index (χ1v) is 10.5. The number of hydrogen-bond acceptors (Lipinski definition) is 5. The molecule has 3 aromatic rings. The second-order valence-electron chi connectivity index (χ2n) is 7.45. The second-order valence-corrected chi connectivity index (χ2v) is 8.53. The molecule has 0 unspecified atom stereocenters. The van der Waals surface area contributed by atoms with E-state index in [0.29, 0.717) is 29.8 Å². The van der Waals surface area contributed by atoms with Gasteiger partial charge < -0.3 is 20.7 Å². The molecule has 3 rings (SSSR count). The lowest BCUT2D eigenvalue weighted by Gasteiger charge is -2.15. The van der Waals surface area contributed by atoms with Crippen LogP contribution in [0, 0.1) is 5.92 Å². The first-order valence-electron chi connectivity index (χ1n) is 9.66. The van der Waals surface area contributed by atoms with Crippen LogP contribution in [0.4, 0.5) is 5.69 Å². The maximum absolute atomic E-state index is 12.6. The SMILES string of the molecule is CC(C)C[C@H](NC(=O)c1cc2c(NC(=O)CCc3cnc[nH]3)cccc2s1)C(=O)O. The van der Waals surface area contributed by atoms with Crippen molar-refractivity contribution in [1.29, 1.82) is 0 Å². The number of thiophene rings is 1. The summed E-state index contributed by atoms with van der Waals surface area (Å²) in [7, 11) is 0. The minimum absolute atomic E-state index is 0.136. The van der Waals surface area contributed by atoms with Gasteiger partial charge in [-0.05, 0) is 37.0 Å². The molecule has 0 saturated heterocycles. The molecule has 0 aliphatic heterocycles. The normalized spacial score (nSPS) is 12.1. The Hall–Kier alpha value is -3.20. The van der Waals surface area contributed by atoms with Crippen LogP contribution < -0.4 is 10.6 Å². The Morgan fingerprint density at radius 2 is 2.07 bits per heavy atom. The summed E-state index contributed by atoms with van der Waals surface area (Å²) in [5.74, 6) is -1.49. The largest absolute Gasteiger partial charge is 0.480 e. The van der Waals surface area contributed by atoms with E-state index in [1.807, 2.05) is 26.0 Å². The van der Waals surface area contributed by atoms with Crippen LogP contribution in [0.1, 0.15) is 42.1 Å². The number of aromatic amines is 1. The molecule has 0 bridgehead atoms. The Labute approximate surface area is 177 Å². The minimum Gasteiger partial charge on any atom is -0.480 e. The van der Waals surface area contributed by atoms with Crippen LogP contribution in [0.15, 0.2) is 36.8 Å². The third-order valence-corrected chi connectivity index (χ3v) is 5.65. The van der Waals surface area contributed by atoms with E-state index in [2.05, 4.69) is 20.6 Å². The Bertz CT molecular complexity index is 1040. The van der Waals surface area contributed by atoms with Gasteiger partial charge in [-0.2, -0.15) is 0 Å². The van der Waals surface area contributed by atoms with E-state index in [1.54, 1.807) is 24.7 Å². The lowest BCUT2D eigenvalue weighted by molar-refractivity contribution is -0.139. The molecule has 0 aliphatic carbocycles. The van der Waals surface area contributed by atoms with Crippen molar-refractivity contribution >= 4 is 44.9 Å². The summed E-state index contributed by atoms with van der Waals surface area (Å²) in [5, 5.41) is 15.6. The zero-order chi connectivity index (χ0) is 21.7. The summed E-state index contributed by atoms with van der Waals surface area (Å²) in [5.41, 5.74) is 1.50. The van der Waals surface area contributed by atoms with E-state index in [-0.39, 0.29) is 11.8 Å². The fourth-order valence-corrected chi connectivity index (χ4v) is 4.08. The summed E-state index contributed by atoms with van der Waals surface area (Å²) in [6.45, 7) is 3.81. The van der Waals surface area contributed by atoms with Gasteiger partial charge in [0, 0.05) is 34.1 Å². The van der Waals surface area contributed by atoms with Crippen molar-refractivity contribution in [3.63, 3.8) is 0 Å². The highest BCUT2D eigenvalue weighted by Gasteiger charge is 2.23. The van der Waals surface area contributed by atoms with Gasteiger partial charge in [-0.25, -0.2) is 9.78 Å². The molecule has 0 fully saturated rings. The van der Waals surface area contributed by atoms with Crippen LogP contribution in [0.3, 0.4) is 0 Å². The summed E-state index contributed by atoms with van der Waals surface area (Å²) in [6, 6.07) is 6.20. The number of carbonyl (C=O) groups is 3. The zero-order valence-electron chi connectivity index (χ0n) is 16.8. The number of amides is 2. The Kier molecular flexibility index (Phi) is 6.83. The molecule has 158 valence electrons. The van der Waals surface area contributed by atoms with E-state index in [0.717, 1.165) is 15.8 Å². The van der Waals surface area contributed by atoms with Crippen LogP contribution in [-0.4, -0.2) is 38.9 Å². The molecule has 0 saturated carbocycles. The number of aliphatic carboxylic acids is 1. The van der Waals surface area contributed by atoms with Crippen molar-refractivity contribution in [1.82, 2.24) is 15.3 Å². The van der Waals surface area contributed by atoms with Gasteiger partial charge in [0.1, 0.15) is 6.04 Å². The predicted octanol–water partition coefficient (Wildman–Crippen LogP) is 3.42. The molecule has 4 N–H and O–H groups in total. The number of anilines is 1. The van der Waals surface area contributed by atoms with Crippen LogP contribution in [-0.2, 0) is 16.0 Å². The fraction of sp³-hybridized carbons (Fsp3) is 0.333. The molecule has 2 aromatic heterocycles. The molecular weight excluding hydrogens is 404 g/mol. The Morgan fingerprint density at radius 3 is 2.73 bits per heavy atom. The average Bonchev–Trinajstić information content (AvgIpc) is 3.35. The van der Waals surface area contributed by atoms with Crippen LogP contribution in [0.5, 0.6) is 0 Å². The number of fused-ring (bicyclic) bond motifs is 1. The number of imidazole rings is 1. The molecule has 0 aliphatic rings. The van der Waals surface area contributed by atoms with Crippen LogP contribution >= 0.6 is 11.3 Å². The minimum atomic E-state index is -1.05. The number of carbonyl (C=O) groups excluding carboxylic acids is 2. The smallest absolute Gasteiger partial charge is 0.326 e. The van der Waals surface area contributed by atoms with E-state index in [9.17, 15) is 19.5 Å². The van der Waals surface area contributed by atoms with E-state index in [1.165, 1.54) is 11.3 Å². The molecule has 2 amide bonds. The Balaban J connectivity index is 1.72. The monoisotopic (exact) mass is 428 g/mol. The molecule has 1 aromatic carbocycles. The van der Waals surface area contributed by atoms with Crippen molar-refractivity contribution < 1.29 is 19.5 Å². The number of carboxylic acid groups (broad SMARTS) is 1. The quantitative estimate of drug-likeness (QED) is 0.416. The summed E-state index contributed by atoms with van der Waals surface area (Å²) in [6.07, 6.45) is 4.45. The lowest BCUT2D eigenvalue weighted by atomic mass is 10.0. The predicted molar refractivity (Wildman–Crippen MR) is 116 cm³/mol. The molecule has 0 spiro atoms. The summed E-state index contributed by atoms with van der Waals surface area (Å²) in [4.78, 5) is 43.7. The molecular formula is C21H24N4O4S. The zero-order valence-corrected chi connectivity index (χ0v) is 17.6. The van der Waals surface area contributed by atoms with Gasteiger partial charge in [0.15, 0.2) is 0 Å². The lowest BCUT2D eigenvalue weighted by Crippen LogP contribution is -2.41. The highest BCUT2D eigenvalue weighted by atomic mass is 32.1. The van der Waals surface area contributed by atoms with Crippen molar-refractivity contribution in [2.24, 2.45) is 5.92 Å². The number of nitrogens with zero attached hydrogens (tertiary/aromatic N) is 1. The number of aryl methyl sites for hydroxylation is 1. The number of carboxylic acids is 1. The first-order chi connectivity index (χ1) is 14.3. The number of H-pyrrole nitrogens is 1. The van der Waals surface area contributed by atoms with E-state index < -0.39 is 17.9 Å². The third kappa shape index (κ3) is 5.44. The van der Waals surface area contributed by atoms with Gasteiger partial charge in [0.25, 0.3) is 5.91 Å². The summed E-state index contributed by atoms with van der Waals surface area (Å²) < 4.78 is 0.835. The van der Waals surface area contributed by atoms with E-state index in [4.69, 9.17) is 0 Å². The van der Waals surface area contributed by atoms with Crippen LogP contribution in [0.2, 0.25) is 0 Å². The standard InChI is InChI=1S/C21H24N4O4S/c1-12(2)8-16(21(28)29)25-20(27)18-9-14-15(4-3-5-17(14)30-18)24-19(26)7-6-13-10-22-11-23-13/h3-5,9-12,16H,6-8H2,1-2H3,(H,22,23)(H,24,26)(H,25,27)(H,28,29)/t16-/m0/s1. The Morgan fingerprint density at radius 1 is 1.27 bits per heavy atom. The molecule has 8 nitrogen and oxygen atoms in total. The maximum atomic E-state index is 12.6. The fourth-order valence-electron chi connectivity index (χ4n) is 3.09. The molecule has 9 heteroatoms. The number of benzene rings is 1. The van der Waals surface area contributed by atoms with Crippen molar-refractivity contribution in [3.8, 4) is 0 Å². The topological polar surface area (TPSA) is 124 Å². The van der Waals surface area contributed by atoms with Crippen molar-refractivity contribution in [2.45, 2.75) is 39.2 Å². The van der Waals surface area contributed by atoms with Gasteiger partial charge in [0.05, 0.1) is 11.2 Å². The first kappa shape index (κ1) is 21.5. The van der Waals surface area contributed by atoms with Gasteiger partial charge in [-0.15, -0.1) is 11.3 Å². The molecule has 1 atom stereocenters. The number of hydrogen-bond donors (Lipinski definition) is 4. The number of rotatable bonds is 9. The maximum Gasteiger partial charge on any atom is 0.326 e. The van der Waals surface area contributed by atoms with Gasteiger partial charge in [-0.1, -0.05) is 19.9 Å². The highest BCUT2D eigenvalue weighted by Crippen LogP contribution is 2.31. The molecule has 0 radical (unpaired) electrons. The molecule has 2 heterocycles. The third-order valence-electron chi connectivity index (χ3n) is 4.55. The summed E-state index contributed by atoms with van der Waals surface area (Å²) >= 11 is 1.26. The van der Waals surface area contributed by atoms with Gasteiger partial charge in [0.2, 0.25) is 5.91 Å².